The number of nitriles is 1. The number of benzene rings is 1. The van der Waals surface area contributed by atoms with Gasteiger partial charge in [-0.2, -0.15) is 5.26 Å². The molecule has 1 heterocycles. The van der Waals surface area contributed by atoms with E-state index in [9.17, 15) is 0 Å². The van der Waals surface area contributed by atoms with Crippen LogP contribution in [0.1, 0.15) is 31.4 Å². The SMILES string of the molecule is CC(C)(C#N)CNCc1ccc2c(c1)CCCS2. The number of hydrogen-bond acceptors (Lipinski definition) is 3. The van der Waals surface area contributed by atoms with Crippen LogP contribution in [-0.4, -0.2) is 12.3 Å². The van der Waals surface area contributed by atoms with Gasteiger partial charge in [-0.05, 0) is 49.6 Å². The monoisotopic (exact) mass is 260 g/mol. The smallest absolute Gasteiger partial charge is 0.0697 e. The molecule has 0 aromatic heterocycles. The minimum atomic E-state index is -0.288. The maximum Gasteiger partial charge on any atom is 0.0697 e. The van der Waals surface area contributed by atoms with Crippen LogP contribution >= 0.6 is 11.8 Å². The quantitative estimate of drug-likeness (QED) is 0.901. The van der Waals surface area contributed by atoms with Crippen molar-refractivity contribution in [1.29, 1.82) is 5.26 Å². The first-order valence-corrected chi connectivity index (χ1v) is 7.46. The van der Waals surface area contributed by atoms with Gasteiger partial charge in [0, 0.05) is 18.0 Å². The first kappa shape index (κ1) is 13.5. The summed E-state index contributed by atoms with van der Waals surface area (Å²) < 4.78 is 0. The van der Waals surface area contributed by atoms with Crippen LogP contribution in [-0.2, 0) is 13.0 Å². The van der Waals surface area contributed by atoms with Gasteiger partial charge < -0.3 is 5.32 Å². The molecule has 1 aliphatic heterocycles. The van der Waals surface area contributed by atoms with E-state index in [1.807, 2.05) is 25.6 Å². The summed E-state index contributed by atoms with van der Waals surface area (Å²) in [6, 6.07) is 9.06. The number of hydrogen-bond donors (Lipinski definition) is 1. The second-order valence-electron chi connectivity index (χ2n) is 5.49. The molecule has 18 heavy (non-hydrogen) atoms. The molecule has 1 aromatic rings. The predicted octanol–water partition coefficient (Wildman–Crippen LogP) is 3.36. The molecule has 0 bridgehead atoms. The zero-order valence-electron chi connectivity index (χ0n) is 11.1. The molecular weight excluding hydrogens is 240 g/mol. The molecule has 0 atom stereocenters. The van der Waals surface area contributed by atoms with Crippen LogP contribution in [0.4, 0.5) is 0 Å². The number of nitrogens with one attached hydrogen (secondary N) is 1. The molecule has 2 rings (SSSR count). The first-order valence-electron chi connectivity index (χ1n) is 6.47. The van der Waals surface area contributed by atoms with Crippen molar-refractivity contribution < 1.29 is 0 Å². The molecule has 0 saturated heterocycles. The molecule has 3 heteroatoms. The largest absolute Gasteiger partial charge is 0.311 e. The average molecular weight is 260 g/mol. The molecule has 96 valence electrons. The van der Waals surface area contributed by atoms with Crippen molar-refractivity contribution >= 4 is 11.8 Å². The Bertz CT molecular complexity index is 460. The maximum atomic E-state index is 8.96. The third kappa shape index (κ3) is 3.51. The molecule has 2 nitrogen and oxygen atoms in total. The van der Waals surface area contributed by atoms with Gasteiger partial charge >= 0.3 is 0 Å². The van der Waals surface area contributed by atoms with E-state index in [0.717, 1.165) is 13.1 Å². The Hall–Kier alpha value is -0.980. The summed E-state index contributed by atoms with van der Waals surface area (Å²) in [4.78, 5) is 1.45. The summed E-state index contributed by atoms with van der Waals surface area (Å²) in [6.45, 7) is 5.51. The van der Waals surface area contributed by atoms with Crippen molar-refractivity contribution in [3.8, 4) is 6.07 Å². The molecule has 0 fully saturated rings. The highest BCUT2D eigenvalue weighted by atomic mass is 32.2. The highest BCUT2D eigenvalue weighted by Crippen LogP contribution is 2.30. The maximum absolute atomic E-state index is 8.96. The summed E-state index contributed by atoms with van der Waals surface area (Å²) in [7, 11) is 0. The summed E-state index contributed by atoms with van der Waals surface area (Å²) in [5.41, 5.74) is 2.53. The normalized spacial score (nSPS) is 14.9. The molecule has 0 amide bonds. The number of thioether (sulfide) groups is 1. The van der Waals surface area contributed by atoms with Crippen LogP contribution in [0.25, 0.3) is 0 Å². The van der Waals surface area contributed by atoms with E-state index in [0.29, 0.717) is 0 Å². The number of aryl methyl sites for hydroxylation is 1. The first-order chi connectivity index (χ1) is 8.61. The summed E-state index contributed by atoms with van der Waals surface area (Å²) in [5.74, 6) is 1.25. The van der Waals surface area contributed by atoms with Gasteiger partial charge in [-0.1, -0.05) is 12.1 Å². The van der Waals surface area contributed by atoms with E-state index in [2.05, 4.69) is 29.6 Å². The minimum Gasteiger partial charge on any atom is -0.311 e. The zero-order chi connectivity index (χ0) is 13.0. The van der Waals surface area contributed by atoms with Gasteiger partial charge in [0.2, 0.25) is 0 Å². The van der Waals surface area contributed by atoms with Gasteiger partial charge in [0.1, 0.15) is 0 Å². The Morgan fingerprint density at radius 3 is 3.06 bits per heavy atom. The van der Waals surface area contributed by atoms with Crippen LogP contribution in [0.15, 0.2) is 23.1 Å². The van der Waals surface area contributed by atoms with Crippen molar-refractivity contribution in [3.63, 3.8) is 0 Å². The van der Waals surface area contributed by atoms with Crippen molar-refractivity contribution in [2.45, 2.75) is 38.1 Å². The standard InChI is InChI=1S/C15H20N2S/c1-15(2,10-16)11-17-9-12-5-6-14-13(8-12)4-3-7-18-14/h5-6,8,17H,3-4,7,9,11H2,1-2H3. The van der Waals surface area contributed by atoms with Gasteiger partial charge in [-0.15, -0.1) is 11.8 Å². The molecule has 0 radical (unpaired) electrons. The van der Waals surface area contributed by atoms with Gasteiger partial charge in [0.15, 0.2) is 0 Å². The van der Waals surface area contributed by atoms with E-state index in [1.165, 1.54) is 34.6 Å². The van der Waals surface area contributed by atoms with Crippen LogP contribution in [0.2, 0.25) is 0 Å². The highest BCUT2D eigenvalue weighted by molar-refractivity contribution is 7.99. The van der Waals surface area contributed by atoms with E-state index < -0.39 is 0 Å². The Kier molecular flexibility index (Phi) is 4.31. The van der Waals surface area contributed by atoms with E-state index in [-0.39, 0.29) is 5.41 Å². The Morgan fingerprint density at radius 1 is 1.44 bits per heavy atom. The van der Waals surface area contributed by atoms with Gasteiger partial charge in [-0.3, -0.25) is 0 Å². The van der Waals surface area contributed by atoms with Crippen molar-refractivity contribution in [2.24, 2.45) is 5.41 Å². The number of rotatable bonds is 4. The highest BCUT2D eigenvalue weighted by Gasteiger charge is 2.15. The van der Waals surface area contributed by atoms with Crippen LogP contribution < -0.4 is 5.32 Å². The molecule has 1 aliphatic rings. The summed E-state index contributed by atoms with van der Waals surface area (Å²) >= 11 is 1.97. The van der Waals surface area contributed by atoms with Crippen LogP contribution in [0.3, 0.4) is 0 Å². The predicted molar refractivity (Wildman–Crippen MR) is 76.6 cm³/mol. The van der Waals surface area contributed by atoms with E-state index in [1.54, 1.807) is 0 Å². The lowest BCUT2D eigenvalue weighted by molar-refractivity contribution is 0.445. The minimum absolute atomic E-state index is 0.288. The summed E-state index contributed by atoms with van der Waals surface area (Å²) in [6.07, 6.45) is 2.50. The van der Waals surface area contributed by atoms with Crippen LogP contribution in [0, 0.1) is 16.7 Å². The van der Waals surface area contributed by atoms with Gasteiger partial charge in [0.25, 0.3) is 0 Å². The number of nitrogens with zero attached hydrogens (tertiary/aromatic N) is 1. The molecule has 1 N–H and O–H groups in total. The third-order valence-corrected chi connectivity index (χ3v) is 4.37. The van der Waals surface area contributed by atoms with Crippen molar-refractivity contribution in [1.82, 2.24) is 5.32 Å². The Balaban J connectivity index is 1.93. The van der Waals surface area contributed by atoms with Crippen molar-refractivity contribution in [2.75, 3.05) is 12.3 Å². The topological polar surface area (TPSA) is 35.8 Å². The molecule has 1 aromatic carbocycles. The van der Waals surface area contributed by atoms with Crippen LogP contribution in [0.5, 0.6) is 0 Å². The number of fused-ring (bicyclic) bond motifs is 1. The molecule has 0 saturated carbocycles. The fraction of sp³-hybridized carbons (Fsp3) is 0.533. The lowest BCUT2D eigenvalue weighted by Crippen LogP contribution is -2.27. The average Bonchev–Trinajstić information content (AvgIpc) is 2.38. The lowest BCUT2D eigenvalue weighted by atomic mass is 9.96. The summed E-state index contributed by atoms with van der Waals surface area (Å²) in [5, 5.41) is 12.3. The van der Waals surface area contributed by atoms with Crippen molar-refractivity contribution in [3.05, 3.63) is 29.3 Å². The third-order valence-electron chi connectivity index (χ3n) is 3.17. The second-order valence-corrected chi connectivity index (χ2v) is 6.63. The van der Waals surface area contributed by atoms with Gasteiger partial charge in [0.05, 0.1) is 11.5 Å². The fourth-order valence-corrected chi connectivity index (χ4v) is 3.10. The molecule has 0 spiro atoms. The molecule has 0 aliphatic carbocycles. The molecular formula is C15H20N2S. The Labute approximate surface area is 114 Å². The van der Waals surface area contributed by atoms with E-state index >= 15 is 0 Å². The fourth-order valence-electron chi connectivity index (χ4n) is 2.08. The molecule has 0 unspecified atom stereocenters. The second kappa shape index (κ2) is 5.77. The lowest BCUT2D eigenvalue weighted by Gasteiger charge is -2.18. The zero-order valence-corrected chi connectivity index (χ0v) is 11.9. The van der Waals surface area contributed by atoms with E-state index in [4.69, 9.17) is 5.26 Å². The van der Waals surface area contributed by atoms with Gasteiger partial charge in [-0.25, -0.2) is 0 Å². The Morgan fingerprint density at radius 2 is 2.28 bits per heavy atom.